The molecule has 0 radical (unpaired) electrons. The van der Waals surface area contributed by atoms with Gasteiger partial charge in [0.05, 0.1) is 6.10 Å². The summed E-state index contributed by atoms with van der Waals surface area (Å²) in [5.74, 6) is -0.182. The third-order valence-electron chi connectivity index (χ3n) is 1.87. The van der Waals surface area contributed by atoms with Crippen LogP contribution in [0.1, 0.15) is 18.6 Å². The summed E-state index contributed by atoms with van der Waals surface area (Å²) in [6.45, 7) is 8.20. The molecule has 1 rings (SSSR count). The first-order chi connectivity index (χ1) is 6.40. The van der Waals surface area contributed by atoms with Gasteiger partial charge < -0.3 is 4.43 Å². The van der Waals surface area contributed by atoms with Crippen molar-refractivity contribution in [3.05, 3.63) is 35.6 Å². The van der Waals surface area contributed by atoms with Crippen LogP contribution < -0.4 is 0 Å². The monoisotopic (exact) mass is 212 g/mol. The lowest BCUT2D eigenvalue weighted by Gasteiger charge is -2.23. The minimum Gasteiger partial charge on any atom is -0.411 e. The first-order valence-electron chi connectivity index (χ1n) is 4.82. The van der Waals surface area contributed by atoms with Crippen LogP contribution in [0.3, 0.4) is 0 Å². The fourth-order valence-electron chi connectivity index (χ4n) is 1.40. The molecule has 0 spiro atoms. The predicted molar refractivity (Wildman–Crippen MR) is 59.2 cm³/mol. The number of hydrogen-bond acceptors (Lipinski definition) is 1. The highest BCUT2D eigenvalue weighted by Crippen LogP contribution is 2.23. The van der Waals surface area contributed by atoms with E-state index in [9.17, 15) is 4.39 Å². The van der Waals surface area contributed by atoms with Crippen LogP contribution in [-0.4, -0.2) is 8.32 Å². The highest BCUT2D eigenvalue weighted by molar-refractivity contribution is 6.69. The largest absolute Gasteiger partial charge is 0.411 e. The molecule has 1 aromatic carbocycles. The molecule has 1 unspecified atom stereocenters. The van der Waals surface area contributed by atoms with Crippen molar-refractivity contribution in [2.75, 3.05) is 0 Å². The molecule has 0 N–H and O–H groups in total. The summed E-state index contributed by atoms with van der Waals surface area (Å²) < 4.78 is 19.2. The average Bonchev–Trinajstić information content (AvgIpc) is 2.01. The van der Waals surface area contributed by atoms with Gasteiger partial charge in [0.2, 0.25) is 0 Å². The second kappa shape index (κ2) is 4.23. The lowest BCUT2D eigenvalue weighted by atomic mass is 10.1. The molecule has 0 saturated carbocycles. The van der Waals surface area contributed by atoms with Crippen LogP contribution in [0.15, 0.2) is 24.3 Å². The quantitative estimate of drug-likeness (QED) is 0.694. The van der Waals surface area contributed by atoms with Crippen LogP contribution in [0.5, 0.6) is 0 Å². The van der Waals surface area contributed by atoms with Gasteiger partial charge in [-0.15, -0.1) is 0 Å². The predicted octanol–water partition coefficient (Wildman–Crippen LogP) is 3.74. The molecule has 1 nitrogen and oxygen atoms in total. The van der Waals surface area contributed by atoms with Gasteiger partial charge in [0, 0.05) is 5.56 Å². The molecule has 0 amide bonds. The Balaban J connectivity index is 2.80. The molecule has 0 bridgehead atoms. The van der Waals surface area contributed by atoms with Gasteiger partial charge in [0.1, 0.15) is 5.82 Å². The zero-order valence-corrected chi connectivity index (χ0v) is 10.2. The van der Waals surface area contributed by atoms with Crippen LogP contribution in [0, 0.1) is 5.82 Å². The van der Waals surface area contributed by atoms with Crippen molar-refractivity contribution in [3.8, 4) is 0 Å². The normalized spacial score (nSPS) is 14.1. The summed E-state index contributed by atoms with van der Waals surface area (Å²) in [7, 11) is -1.59. The second-order valence-corrected chi connectivity index (χ2v) is 8.85. The molecule has 78 valence electrons. The molecule has 14 heavy (non-hydrogen) atoms. The Hall–Kier alpha value is -0.673. The van der Waals surface area contributed by atoms with Crippen molar-refractivity contribution in [2.45, 2.75) is 32.7 Å². The SMILES string of the molecule is CC(O[Si](C)(C)C)c1ccccc1F. The van der Waals surface area contributed by atoms with E-state index in [1.807, 2.05) is 13.0 Å². The highest BCUT2D eigenvalue weighted by atomic mass is 28.4. The number of benzene rings is 1. The molecule has 1 atom stereocenters. The fraction of sp³-hybridized carbons (Fsp3) is 0.455. The minimum absolute atomic E-state index is 0.150. The van der Waals surface area contributed by atoms with Crippen molar-refractivity contribution in [1.82, 2.24) is 0 Å². The van der Waals surface area contributed by atoms with E-state index < -0.39 is 8.32 Å². The molecule has 1 aromatic rings. The third kappa shape index (κ3) is 3.23. The third-order valence-corrected chi connectivity index (χ3v) is 2.93. The Morgan fingerprint density at radius 3 is 2.29 bits per heavy atom. The maximum Gasteiger partial charge on any atom is 0.184 e. The summed E-state index contributed by atoms with van der Waals surface area (Å²) in [6.07, 6.45) is -0.150. The Morgan fingerprint density at radius 2 is 1.79 bits per heavy atom. The van der Waals surface area contributed by atoms with E-state index in [4.69, 9.17) is 4.43 Å². The molecule has 0 aliphatic heterocycles. The van der Waals surface area contributed by atoms with E-state index in [0.717, 1.165) is 0 Å². The van der Waals surface area contributed by atoms with E-state index in [2.05, 4.69) is 19.6 Å². The van der Waals surface area contributed by atoms with Crippen LogP contribution in [-0.2, 0) is 4.43 Å². The number of rotatable bonds is 3. The first-order valence-corrected chi connectivity index (χ1v) is 8.23. The van der Waals surface area contributed by atoms with Crippen LogP contribution >= 0.6 is 0 Å². The van der Waals surface area contributed by atoms with Crippen molar-refractivity contribution in [3.63, 3.8) is 0 Å². The van der Waals surface area contributed by atoms with Gasteiger partial charge in [0.25, 0.3) is 0 Å². The van der Waals surface area contributed by atoms with Crippen LogP contribution in [0.25, 0.3) is 0 Å². The van der Waals surface area contributed by atoms with Gasteiger partial charge in [0.15, 0.2) is 8.32 Å². The summed E-state index contributed by atoms with van der Waals surface area (Å²) >= 11 is 0. The molecular formula is C11H17FOSi. The molecule has 0 saturated heterocycles. The van der Waals surface area contributed by atoms with Crippen molar-refractivity contribution >= 4 is 8.32 Å². The van der Waals surface area contributed by atoms with E-state index >= 15 is 0 Å². The molecule has 0 aliphatic carbocycles. The fourth-order valence-corrected chi connectivity index (χ4v) is 2.59. The maximum absolute atomic E-state index is 13.4. The van der Waals surface area contributed by atoms with Crippen molar-refractivity contribution < 1.29 is 8.82 Å². The zero-order chi connectivity index (χ0) is 10.8. The smallest absolute Gasteiger partial charge is 0.184 e. The summed E-state index contributed by atoms with van der Waals surface area (Å²) in [4.78, 5) is 0. The lowest BCUT2D eigenvalue weighted by Crippen LogP contribution is -2.27. The van der Waals surface area contributed by atoms with Gasteiger partial charge in [-0.05, 0) is 32.6 Å². The van der Waals surface area contributed by atoms with Gasteiger partial charge in [-0.1, -0.05) is 18.2 Å². The standard InChI is InChI=1S/C11H17FOSi/c1-9(13-14(2,3)4)10-7-5-6-8-11(10)12/h5-9H,1-4H3. The summed E-state index contributed by atoms with van der Waals surface area (Å²) in [5.41, 5.74) is 0.648. The summed E-state index contributed by atoms with van der Waals surface area (Å²) in [5, 5.41) is 0. The lowest BCUT2D eigenvalue weighted by molar-refractivity contribution is 0.214. The molecular weight excluding hydrogens is 195 g/mol. The highest BCUT2D eigenvalue weighted by Gasteiger charge is 2.20. The van der Waals surface area contributed by atoms with E-state index in [1.165, 1.54) is 6.07 Å². The van der Waals surface area contributed by atoms with E-state index in [0.29, 0.717) is 5.56 Å². The Morgan fingerprint density at radius 1 is 1.21 bits per heavy atom. The van der Waals surface area contributed by atoms with Crippen molar-refractivity contribution in [2.24, 2.45) is 0 Å². The molecule has 0 aliphatic rings. The van der Waals surface area contributed by atoms with Gasteiger partial charge in [-0.25, -0.2) is 4.39 Å². The van der Waals surface area contributed by atoms with Gasteiger partial charge in [-0.3, -0.25) is 0 Å². The topological polar surface area (TPSA) is 9.23 Å². The van der Waals surface area contributed by atoms with Crippen molar-refractivity contribution in [1.29, 1.82) is 0 Å². The molecule has 0 aromatic heterocycles. The molecule has 0 fully saturated rings. The van der Waals surface area contributed by atoms with E-state index in [-0.39, 0.29) is 11.9 Å². The van der Waals surface area contributed by atoms with Crippen LogP contribution in [0.4, 0.5) is 4.39 Å². The Kier molecular flexibility index (Phi) is 3.45. The molecule has 3 heteroatoms. The molecule has 0 heterocycles. The minimum atomic E-state index is -1.59. The first kappa shape index (κ1) is 11.4. The number of hydrogen-bond donors (Lipinski definition) is 0. The summed E-state index contributed by atoms with van der Waals surface area (Å²) in [6, 6.07) is 6.78. The maximum atomic E-state index is 13.4. The van der Waals surface area contributed by atoms with E-state index in [1.54, 1.807) is 12.1 Å². The van der Waals surface area contributed by atoms with Gasteiger partial charge in [-0.2, -0.15) is 0 Å². The van der Waals surface area contributed by atoms with Crippen LogP contribution in [0.2, 0.25) is 19.6 Å². The Labute approximate surface area is 86.0 Å². The average molecular weight is 212 g/mol. The zero-order valence-electron chi connectivity index (χ0n) is 9.17. The second-order valence-electron chi connectivity index (χ2n) is 4.39. The number of halogens is 1. The van der Waals surface area contributed by atoms with Gasteiger partial charge >= 0.3 is 0 Å². The Bertz CT molecular complexity index is 306.